The molecule has 1 amide bonds. The monoisotopic (exact) mass is 473 g/mol. The molecule has 1 aliphatic rings. The summed E-state index contributed by atoms with van der Waals surface area (Å²) in [6.07, 6.45) is 5.82. The summed E-state index contributed by atoms with van der Waals surface area (Å²) in [6, 6.07) is 17.2. The van der Waals surface area contributed by atoms with Gasteiger partial charge in [-0.05, 0) is 80.1 Å². The van der Waals surface area contributed by atoms with Gasteiger partial charge >= 0.3 is 0 Å². The van der Waals surface area contributed by atoms with Gasteiger partial charge in [-0.15, -0.1) is 11.3 Å². The molecule has 0 bridgehead atoms. The molecule has 7 heteroatoms. The second kappa shape index (κ2) is 9.73. The van der Waals surface area contributed by atoms with Crippen LogP contribution < -0.4 is 15.4 Å². The summed E-state index contributed by atoms with van der Waals surface area (Å²) in [5.41, 5.74) is 4.39. The van der Waals surface area contributed by atoms with E-state index in [9.17, 15) is 4.79 Å². The van der Waals surface area contributed by atoms with Gasteiger partial charge in [0, 0.05) is 16.1 Å². The van der Waals surface area contributed by atoms with E-state index >= 15 is 0 Å². The van der Waals surface area contributed by atoms with E-state index in [1.807, 2.05) is 43.3 Å². The van der Waals surface area contributed by atoms with Gasteiger partial charge in [-0.2, -0.15) is 0 Å². The van der Waals surface area contributed by atoms with Gasteiger partial charge in [0.1, 0.15) is 16.6 Å². The number of rotatable bonds is 7. The minimum Gasteiger partial charge on any atom is -0.497 e. The number of amides is 1. The number of carbonyl (C=O) groups is 1. The van der Waals surface area contributed by atoms with Crippen LogP contribution in [0.2, 0.25) is 0 Å². The fourth-order valence-corrected chi connectivity index (χ4v) is 5.80. The number of nitrogens with one attached hydrogen (secondary N) is 2. The van der Waals surface area contributed by atoms with Gasteiger partial charge in [0.15, 0.2) is 5.76 Å². The lowest BCUT2D eigenvalue weighted by molar-refractivity contribution is 0.0997. The number of pyridine rings is 1. The number of benzene rings is 1. The summed E-state index contributed by atoms with van der Waals surface area (Å²) >= 11 is 1.67. The van der Waals surface area contributed by atoms with Crippen LogP contribution in [0.1, 0.15) is 56.7 Å². The van der Waals surface area contributed by atoms with Crippen molar-refractivity contribution >= 4 is 28.1 Å². The highest BCUT2D eigenvalue weighted by molar-refractivity contribution is 7.16. The van der Waals surface area contributed by atoms with Crippen molar-refractivity contribution in [3.63, 3.8) is 0 Å². The number of ether oxygens (including phenoxy) is 1. The normalized spacial score (nSPS) is 13.7. The topological polar surface area (TPSA) is 76.4 Å². The summed E-state index contributed by atoms with van der Waals surface area (Å²) in [5.74, 6) is 1.62. The van der Waals surface area contributed by atoms with Crippen molar-refractivity contribution in [2.45, 2.75) is 38.6 Å². The van der Waals surface area contributed by atoms with E-state index in [4.69, 9.17) is 14.1 Å². The van der Waals surface area contributed by atoms with Crippen LogP contribution in [0, 0.1) is 6.92 Å². The van der Waals surface area contributed by atoms with E-state index in [0.29, 0.717) is 5.76 Å². The lowest BCUT2D eigenvalue weighted by Gasteiger charge is -2.24. The molecule has 1 unspecified atom stereocenters. The third-order valence-electron chi connectivity index (χ3n) is 6.08. The fourth-order valence-electron chi connectivity index (χ4n) is 4.48. The van der Waals surface area contributed by atoms with Gasteiger partial charge < -0.3 is 19.8 Å². The predicted molar refractivity (Wildman–Crippen MR) is 135 cm³/mol. The van der Waals surface area contributed by atoms with Crippen molar-refractivity contribution in [2.24, 2.45) is 0 Å². The van der Waals surface area contributed by atoms with Crippen LogP contribution in [0.25, 0.3) is 0 Å². The molecule has 0 saturated carbocycles. The maximum absolute atomic E-state index is 13.0. The largest absolute Gasteiger partial charge is 0.497 e. The number of hydrogen-bond donors (Lipinski definition) is 2. The number of methoxy groups -OCH3 is 1. The molecule has 2 N–H and O–H groups in total. The standard InChI is InChI=1S/C27H27N3O3S/c1-17-8-5-14-23(28-17)29-25(18-9-6-10-19(16-18)32-2)24-20-11-3-4-13-22(20)34-27(24)30-26(31)21-12-7-15-33-21/h5-10,12,14-16,25H,3-4,11,13H2,1-2H3,(H,28,29)(H,30,31). The highest BCUT2D eigenvalue weighted by Gasteiger charge is 2.29. The summed E-state index contributed by atoms with van der Waals surface area (Å²) in [6.45, 7) is 1.98. The maximum Gasteiger partial charge on any atom is 0.291 e. The Morgan fingerprint density at radius 1 is 1.12 bits per heavy atom. The predicted octanol–water partition coefficient (Wildman–Crippen LogP) is 6.39. The molecule has 174 valence electrons. The maximum atomic E-state index is 13.0. The number of thiophene rings is 1. The lowest BCUT2D eigenvalue weighted by Crippen LogP contribution is -2.19. The first-order valence-electron chi connectivity index (χ1n) is 11.5. The Morgan fingerprint density at radius 2 is 1.97 bits per heavy atom. The average molecular weight is 474 g/mol. The first-order valence-corrected chi connectivity index (χ1v) is 12.3. The number of nitrogens with zero attached hydrogens (tertiary/aromatic N) is 1. The number of aromatic nitrogens is 1. The van der Waals surface area contributed by atoms with Crippen molar-refractivity contribution < 1.29 is 13.9 Å². The van der Waals surface area contributed by atoms with Crippen molar-refractivity contribution in [3.8, 4) is 5.75 Å². The smallest absolute Gasteiger partial charge is 0.291 e. The van der Waals surface area contributed by atoms with Crippen LogP contribution in [0.4, 0.5) is 10.8 Å². The number of aryl methyl sites for hydroxylation is 2. The molecule has 4 aromatic rings. The lowest BCUT2D eigenvalue weighted by atomic mass is 9.89. The van der Waals surface area contributed by atoms with Gasteiger partial charge in [-0.25, -0.2) is 4.98 Å². The van der Waals surface area contributed by atoms with Crippen LogP contribution in [-0.4, -0.2) is 18.0 Å². The quantitative estimate of drug-likeness (QED) is 0.325. The molecule has 5 rings (SSSR count). The molecule has 6 nitrogen and oxygen atoms in total. The third-order valence-corrected chi connectivity index (χ3v) is 7.30. The molecular weight excluding hydrogens is 446 g/mol. The Morgan fingerprint density at radius 3 is 2.76 bits per heavy atom. The third kappa shape index (κ3) is 4.56. The van der Waals surface area contributed by atoms with Crippen LogP contribution in [0.3, 0.4) is 0 Å². The zero-order valence-corrected chi connectivity index (χ0v) is 20.1. The van der Waals surface area contributed by atoms with Crippen LogP contribution in [0.15, 0.2) is 65.3 Å². The van der Waals surface area contributed by atoms with Gasteiger partial charge in [-0.1, -0.05) is 18.2 Å². The van der Waals surface area contributed by atoms with Crippen LogP contribution >= 0.6 is 11.3 Å². The summed E-state index contributed by atoms with van der Waals surface area (Å²) < 4.78 is 10.9. The minimum atomic E-state index is -0.247. The highest BCUT2D eigenvalue weighted by atomic mass is 32.1. The van der Waals surface area contributed by atoms with Crippen molar-refractivity contribution in [1.82, 2.24) is 4.98 Å². The fraction of sp³-hybridized carbons (Fsp3) is 0.259. The molecule has 1 aliphatic carbocycles. The second-order valence-electron chi connectivity index (χ2n) is 8.40. The first-order chi connectivity index (χ1) is 16.6. The van der Waals surface area contributed by atoms with Crippen molar-refractivity contribution in [2.75, 3.05) is 17.7 Å². The molecule has 0 fully saturated rings. The number of furan rings is 1. The number of carbonyl (C=O) groups excluding carboxylic acids is 1. The Labute approximate surface area is 203 Å². The van der Waals surface area contributed by atoms with Crippen LogP contribution in [0.5, 0.6) is 5.75 Å². The van der Waals surface area contributed by atoms with Gasteiger partial charge in [0.2, 0.25) is 0 Å². The molecule has 34 heavy (non-hydrogen) atoms. The first kappa shape index (κ1) is 22.2. The van der Waals surface area contributed by atoms with E-state index in [2.05, 4.69) is 16.7 Å². The second-order valence-corrected chi connectivity index (χ2v) is 9.51. The zero-order valence-electron chi connectivity index (χ0n) is 19.3. The Hall–Kier alpha value is -3.58. The zero-order chi connectivity index (χ0) is 23.5. The van der Waals surface area contributed by atoms with E-state index in [1.165, 1.54) is 16.7 Å². The minimum absolute atomic E-state index is 0.214. The molecule has 3 heterocycles. The highest BCUT2D eigenvalue weighted by Crippen LogP contribution is 2.44. The Balaban J connectivity index is 1.63. The summed E-state index contributed by atoms with van der Waals surface area (Å²) in [4.78, 5) is 19.0. The van der Waals surface area contributed by atoms with Gasteiger partial charge in [0.25, 0.3) is 5.91 Å². The molecule has 0 radical (unpaired) electrons. The van der Waals surface area contributed by atoms with Gasteiger partial charge in [-0.3, -0.25) is 4.79 Å². The number of hydrogen-bond acceptors (Lipinski definition) is 6. The SMILES string of the molecule is COc1cccc(C(Nc2cccc(C)n2)c2c(NC(=O)c3ccco3)sc3c2CCCC3)c1. The summed E-state index contributed by atoms with van der Waals surface area (Å²) in [5, 5.41) is 7.64. The van der Waals surface area contributed by atoms with E-state index in [-0.39, 0.29) is 11.9 Å². The molecule has 1 atom stereocenters. The number of anilines is 2. The molecule has 0 saturated heterocycles. The molecular formula is C27H27N3O3S. The molecule has 0 aliphatic heterocycles. The molecule has 3 aromatic heterocycles. The van der Waals surface area contributed by atoms with Crippen molar-refractivity contribution in [1.29, 1.82) is 0 Å². The summed E-state index contributed by atoms with van der Waals surface area (Å²) in [7, 11) is 1.67. The van der Waals surface area contributed by atoms with Crippen molar-refractivity contribution in [3.05, 3.63) is 93.9 Å². The van der Waals surface area contributed by atoms with E-state index in [1.54, 1.807) is 30.6 Å². The number of fused-ring (bicyclic) bond motifs is 1. The molecule has 0 spiro atoms. The van der Waals surface area contributed by atoms with E-state index in [0.717, 1.165) is 59.1 Å². The molecule has 1 aromatic carbocycles. The van der Waals surface area contributed by atoms with E-state index < -0.39 is 0 Å². The average Bonchev–Trinajstić information content (AvgIpc) is 3.51. The van der Waals surface area contributed by atoms with Gasteiger partial charge in [0.05, 0.1) is 19.4 Å². The Kier molecular flexibility index (Phi) is 6.36. The Bertz CT molecular complexity index is 1300. The van der Waals surface area contributed by atoms with Crippen LogP contribution in [-0.2, 0) is 12.8 Å².